The van der Waals surface area contributed by atoms with E-state index >= 15 is 0 Å². The lowest BCUT2D eigenvalue weighted by Crippen LogP contribution is -2.46. The summed E-state index contributed by atoms with van der Waals surface area (Å²) < 4.78 is 0. The van der Waals surface area contributed by atoms with Crippen LogP contribution < -0.4 is 5.32 Å². The van der Waals surface area contributed by atoms with Crippen molar-refractivity contribution < 1.29 is 19.8 Å². The molecule has 0 aliphatic rings. The largest absolute Gasteiger partial charge is 0.479 e. The van der Waals surface area contributed by atoms with Crippen LogP contribution in [0.5, 0.6) is 0 Å². The summed E-state index contributed by atoms with van der Waals surface area (Å²) in [5, 5.41) is 27.9. The monoisotopic (exact) mass is 263 g/mol. The maximum Gasteiger partial charge on any atom is 0.337 e. The minimum Gasteiger partial charge on any atom is -0.479 e. The van der Waals surface area contributed by atoms with Crippen LogP contribution in [0.3, 0.4) is 0 Å². The Kier molecular flexibility index (Phi) is 3.22. The number of amides is 1. The Labute approximate surface area is 108 Å². The van der Waals surface area contributed by atoms with Gasteiger partial charge in [0.2, 0.25) is 0 Å². The smallest absolute Gasteiger partial charge is 0.337 e. The summed E-state index contributed by atoms with van der Waals surface area (Å²) in [5.74, 6) is -1.86. The van der Waals surface area contributed by atoms with Gasteiger partial charge in [0.25, 0.3) is 5.91 Å². The third kappa shape index (κ3) is 2.55. The molecule has 1 aromatic carbocycles. The number of fused-ring (bicyclic) bond motifs is 1. The number of aliphatic hydroxyl groups is 1. The summed E-state index contributed by atoms with van der Waals surface area (Å²) in [6.45, 7) is 0.740. The van der Waals surface area contributed by atoms with Crippen LogP contribution >= 0.6 is 0 Å². The normalized spacial score (nSPS) is 14.0. The molecule has 0 bridgehead atoms. The molecule has 0 radical (unpaired) electrons. The molecule has 1 aromatic heterocycles. The number of nitrogens with zero attached hydrogens (tertiary/aromatic N) is 1. The molecule has 100 valence electrons. The zero-order valence-corrected chi connectivity index (χ0v) is 10.2. The number of carboxylic acid groups (broad SMARTS) is 1. The number of carbonyl (C=O) groups is 2. The molecule has 1 atom stereocenters. The van der Waals surface area contributed by atoms with Crippen LogP contribution in [-0.2, 0) is 4.79 Å². The van der Waals surface area contributed by atoms with Crippen molar-refractivity contribution in [3.05, 3.63) is 30.0 Å². The number of rotatable bonds is 4. The SMILES string of the molecule is CC(O)(CNC(=O)c1cccc2[nH]ncc12)C(=O)O. The quantitative estimate of drug-likeness (QED) is 0.625. The van der Waals surface area contributed by atoms with E-state index in [0.29, 0.717) is 16.5 Å². The molecule has 0 aliphatic carbocycles. The molecule has 0 aliphatic heterocycles. The zero-order chi connectivity index (χ0) is 14.0. The Hall–Kier alpha value is -2.41. The Balaban J connectivity index is 2.17. The third-order valence-corrected chi connectivity index (χ3v) is 2.78. The van der Waals surface area contributed by atoms with Crippen molar-refractivity contribution in [3.63, 3.8) is 0 Å². The number of H-pyrrole nitrogens is 1. The van der Waals surface area contributed by atoms with E-state index in [2.05, 4.69) is 15.5 Å². The molecule has 7 nitrogen and oxygen atoms in total. The van der Waals surface area contributed by atoms with Crippen molar-refractivity contribution in [3.8, 4) is 0 Å². The van der Waals surface area contributed by atoms with Gasteiger partial charge >= 0.3 is 5.97 Å². The van der Waals surface area contributed by atoms with Gasteiger partial charge in [0.1, 0.15) is 0 Å². The molecule has 2 aromatic rings. The van der Waals surface area contributed by atoms with Crippen LogP contribution in [0.2, 0.25) is 0 Å². The highest BCUT2D eigenvalue weighted by molar-refractivity contribution is 6.06. The molecule has 0 saturated heterocycles. The maximum absolute atomic E-state index is 12.0. The predicted octanol–water partition coefficient (Wildman–Crippen LogP) is 0.128. The van der Waals surface area contributed by atoms with Gasteiger partial charge < -0.3 is 15.5 Å². The molecule has 0 fully saturated rings. The van der Waals surface area contributed by atoms with Crippen molar-refractivity contribution in [1.82, 2.24) is 15.5 Å². The molecule has 19 heavy (non-hydrogen) atoms. The first kappa shape index (κ1) is 13.0. The van der Waals surface area contributed by atoms with Crippen molar-refractivity contribution >= 4 is 22.8 Å². The van der Waals surface area contributed by atoms with Crippen LogP contribution in [-0.4, -0.2) is 44.4 Å². The van der Waals surface area contributed by atoms with Crippen LogP contribution in [0.15, 0.2) is 24.4 Å². The van der Waals surface area contributed by atoms with Crippen molar-refractivity contribution in [2.75, 3.05) is 6.54 Å². The van der Waals surface area contributed by atoms with Gasteiger partial charge in [-0.1, -0.05) is 6.07 Å². The summed E-state index contributed by atoms with van der Waals surface area (Å²) in [7, 11) is 0. The lowest BCUT2D eigenvalue weighted by Gasteiger charge is -2.18. The Morgan fingerprint density at radius 1 is 1.47 bits per heavy atom. The van der Waals surface area contributed by atoms with Crippen LogP contribution in [0.4, 0.5) is 0 Å². The van der Waals surface area contributed by atoms with Crippen LogP contribution in [0.1, 0.15) is 17.3 Å². The van der Waals surface area contributed by atoms with Gasteiger partial charge in [-0.15, -0.1) is 0 Å². The van der Waals surface area contributed by atoms with E-state index in [1.165, 1.54) is 6.20 Å². The van der Waals surface area contributed by atoms with Gasteiger partial charge in [0, 0.05) is 5.39 Å². The van der Waals surface area contributed by atoms with Crippen molar-refractivity contribution in [1.29, 1.82) is 0 Å². The summed E-state index contributed by atoms with van der Waals surface area (Å²) >= 11 is 0. The molecule has 7 heteroatoms. The van der Waals surface area contributed by atoms with Crippen LogP contribution in [0.25, 0.3) is 10.9 Å². The molecular formula is C12H13N3O4. The highest BCUT2D eigenvalue weighted by Gasteiger charge is 2.30. The number of aromatic nitrogens is 2. The van der Waals surface area contributed by atoms with Crippen LogP contribution in [0, 0.1) is 0 Å². The molecule has 2 rings (SSSR count). The van der Waals surface area contributed by atoms with E-state index in [0.717, 1.165) is 6.92 Å². The highest BCUT2D eigenvalue weighted by Crippen LogP contribution is 2.16. The first-order chi connectivity index (χ1) is 8.92. The average Bonchev–Trinajstić information content (AvgIpc) is 2.83. The third-order valence-electron chi connectivity index (χ3n) is 2.78. The topological polar surface area (TPSA) is 115 Å². The van der Waals surface area contributed by atoms with Crippen molar-refractivity contribution in [2.24, 2.45) is 0 Å². The number of benzene rings is 1. The van der Waals surface area contributed by atoms with E-state index in [1.54, 1.807) is 18.2 Å². The summed E-state index contributed by atoms with van der Waals surface area (Å²) in [6.07, 6.45) is 1.51. The minimum absolute atomic E-state index is 0.368. The number of hydrogen-bond donors (Lipinski definition) is 4. The molecule has 1 heterocycles. The Bertz CT molecular complexity index is 633. The number of carbonyl (C=O) groups excluding carboxylic acids is 1. The van der Waals surface area contributed by atoms with E-state index in [-0.39, 0.29) is 6.54 Å². The molecule has 1 unspecified atom stereocenters. The average molecular weight is 263 g/mol. The Morgan fingerprint density at radius 2 is 2.21 bits per heavy atom. The van der Waals surface area contributed by atoms with Gasteiger partial charge in [0.05, 0.1) is 23.8 Å². The lowest BCUT2D eigenvalue weighted by molar-refractivity contribution is -0.155. The molecular weight excluding hydrogens is 250 g/mol. The van der Waals surface area contributed by atoms with E-state index in [9.17, 15) is 14.7 Å². The summed E-state index contributed by atoms with van der Waals surface area (Å²) in [6, 6.07) is 5.06. The molecule has 4 N–H and O–H groups in total. The number of hydrogen-bond acceptors (Lipinski definition) is 4. The second-order valence-corrected chi connectivity index (χ2v) is 4.40. The van der Waals surface area contributed by atoms with Gasteiger partial charge in [-0.3, -0.25) is 9.89 Å². The first-order valence-corrected chi connectivity index (χ1v) is 5.58. The second-order valence-electron chi connectivity index (χ2n) is 4.40. The fourth-order valence-electron chi connectivity index (χ4n) is 1.59. The first-order valence-electron chi connectivity index (χ1n) is 5.58. The Morgan fingerprint density at radius 3 is 2.89 bits per heavy atom. The minimum atomic E-state index is -2.00. The maximum atomic E-state index is 12.0. The fraction of sp³-hybridized carbons (Fsp3) is 0.250. The number of carboxylic acids is 1. The van der Waals surface area contributed by atoms with Gasteiger partial charge in [-0.05, 0) is 19.1 Å². The van der Waals surface area contributed by atoms with Crippen molar-refractivity contribution in [2.45, 2.75) is 12.5 Å². The van der Waals surface area contributed by atoms with Gasteiger partial charge in [-0.25, -0.2) is 4.79 Å². The van der Waals surface area contributed by atoms with E-state index in [1.807, 2.05) is 0 Å². The molecule has 0 saturated carbocycles. The summed E-state index contributed by atoms with van der Waals surface area (Å²) in [4.78, 5) is 22.7. The van der Waals surface area contributed by atoms with Gasteiger partial charge in [0.15, 0.2) is 5.60 Å². The highest BCUT2D eigenvalue weighted by atomic mass is 16.4. The lowest BCUT2D eigenvalue weighted by atomic mass is 10.1. The van der Waals surface area contributed by atoms with E-state index < -0.39 is 17.5 Å². The number of aliphatic carboxylic acids is 1. The number of aromatic amines is 1. The summed E-state index contributed by atoms with van der Waals surface area (Å²) in [5.41, 5.74) is -0.926. The fourth-order valence-corrected chi connectivity index (χ4v) is 1.59. The number of nitrogens with one attached hydrogen (secondary N) is 2. The van der Waals surface area contributed by atoms with Gasteiger partial charge in [-0.2, -0.15) is 5.10 Å². The predicted molar refractivity (Wildman–Crippen MR) is 66.7 cm³/mol. The standard InChI is InChI=1S/C12H13N3O4/c1-12(19,11(17)18)6-13-10(16)7-3-2-4-9-8(7)5-14-15-9/h2-5,19H,6H2,1H3,(H,13,16)(H,14,15)(H,17,18). The molecule has 1 amide bonds. The second kappa shape index (κ2) is 4.69. The molecule has 0 spiro atoms. The zero-order valence-electron chi connectivity index (χ0n) is 10.2. The van der Waals surface area contributed by atoms with E-state index in [4.69, 9.17) is 5.11 Å².